The van der Waals surface area contributed by atoms with Crippen molar-refractivity contribution < 1.29 is 9.47 Å². The molecule has 0 amide bonds. The number of nitrogens with two attached hydrogens (primary N) is 1. The second-order valence-electron chi connectivity index (χ2n) is 3.30. The Kier molecular flexibility index (Phi) is 4.65. The molecule has 0 heterocycles. The smallest absolute Gasteiger partial charge is 0.148 e. The van der Waals surface area contributed by atoms with E-state index in [2.05, 4.69) is 0 Å². The van der Waals surface area contributed by atoms with Crippen molar-refractivity contribution in [1.29, 1.82) is 0 Å². The van der Waals surface area contributed by atoms with Gasteiger partial charge in [-0.3, -0.25) is 0 Å². The summed E-state index contributed by atoms with van der Waals surface area (Å²) >= 11 is 6.18. The van der Waals surface area contributed by atoms with E-state index in [0.29, 0.717) is 23.1 Å². The molecular formula is C12H16ClNO2. The van der Waals surface area contributed by atoms with Crippen molar-refractivity contribution in [2.75, 3.05) is 20.8 Å². The summed E-state index contributed by atoms with van der Waals surface area (Å²) in [7, 11) is 3.17. The third-order valence-electron chi connectivity index (χ3n) is 2.23. The lowest BCUT2D eigenvalue weighted by molar-refractivity contribution is 0.392. The minimum Gasteiger partial charge on any atom is -0.495 e. The number of methoxy groups -OCH3 is 2. The number of benzene rings is 1. The van der Waals surface area contributed by atoms with Crippen LogP contribution in [0.3, 0.4) is 0 Å². The van der Waals surface area contributed by atoms with Gasteiger partial charge in [-0.1, -0.05) is 23.8 Å². The molecule has 0 aliphatic rings. The SMILES string of the molecule is COc1c(C)cc(/C=C/CN)c(OC)c1Cl. The highest BCUT2D eigenvalue weighted by Crippen LogP contribution is 2.40. The molecule has 0 atom stereocenters. The van der Waals surface area contributed by atoms with Gasteiger partial charge in [-0.15, -0.1) is 0 Å². The first-order chi connectivity index (χ1) is 7.65. The van der Waals surface area contributed by atoms with Gasteiger partial charge in [-0.2, -0.15) is 0 Å². The molecule has 1 rings (SSSR count). The van der Waals surface area contributed by atoms with E-state index in [4.69, 9.17) is 26.8 Å². The molecule has 3 nitrogen and oxygen atoms in total. The van der Waals surface area contributed by atoms with Crippen molar-refractivity contribution in [3.8, 4) is 11.5 Å². The zero-order valence-corrected chi connectivity index (χ0v) is 10.5. The van der Waals surface area contributed by atoms with Gasteiger partial charge < -0.3 is 15.2 Å². The number of hydrogen-bond donors (Lipinski definition) is 1. The molecule has 0 bridgehead atoms. The predicted molar refractivity (Wildman–Crippen MR) is 67.4 cm³/mol. The second kappa shape index (κ2) is 5.77. The molecule has 0 fully saturated rings. The molecule has 2 N–H and O–H groups in total. The van der Waals surface area contributed by atoms with Gasteiger partial charge in [0.05, 0.1) is 14.2 Å². The van der Waals surface area contributed by atoms with Crippen molar-refractivity contribution in [2.24, 2.45) is 5.73 Å². The van der Waals surface area contributed by atoms with Gasteiger partial charge in [-0.05, 0) is 18.6 Å². The fourth-order valence-corrected chi connectivity index (χ4v) is 1.96. The normalized spacial score (nSPS) is 10.8. The van der Waals surface area contributed by atoms with Crippen LogP contribution in [0.1, 0.15) is 11.1 Å². The van der Waals surface area contributed by atoms with Crippen molar-refractivity contribution >= 4 is 17.7 Å². The maximum absolute atomic E-state index is 6.18. The fraction of sp³-hybridized carbons (Fsp3) is 0.333. The predicted octanol–water partition coefficient (Wildman–Crippen LogP) is 2.64. The van der Waals surface area contributed by atoms with Crippen LogP contribution in [0.25, 0.3) is 6.08 Å². The van der Waals surface area contributed by atoms with Gasteiger partial charge in [0.2, 0.25) is 0 Å². The molecule has 0 aliphatic carbocycles. The summed E-state index contributed by atoms with van der Waals surface area (Å²) in [6.45, 7) is 2.41. The van der Waals surface area contributed by atoms with Gasteiger partial charge in [-0.25, -0.2) is 0 Å². The summed E-state index contributed by atoms with van der Waals surface area (Å²) in [5.74, 6) is 1.25. The zero-order chi connectivity index (χ0) is 12.1. The van der Waals surface area contributed by atoms with Crippen molar-refractivity contribution in [2.45, 2.75) is 6.92 Å². The van der Waals surface area contributed by atoms with Gasteiger partial charge >= 0.3 is 0 Å². The molecule has 1 aromatic carbocycles. The first kappa shape index (κ1) is 12.9. The van der Waals surface area contributed by atoms with Crippen LogP contribution in [-0.4, -0.2) is 20.8 Å². The Morgan fingerprint density at radius 1 is 1.31 bits per heavy atom. The van der Waals surface area contributed by atoms with Crippen molar-refractivity contribution in [3.05, 3.63) is 28.3 Å². The molecule has 0 saturated heterocycles. The summed E-state index contributed by atoms with van der Waals surface area (Å²) in [6.07, 6.45) is 3.73. The van der Waals surface area contributed by atoms with E-state index in [0.717, 1.165) is 11.1 Å². The molecule has 0 radical (unpaired) electrons. The molecule has 88 valence electrons. The van der Waals surface area contributed by atoms with Crippen LogP contribution in [0.15, 0.2) is 12.1 Å². The Hall–Kier alpha value is -1.19. The number of rotatable bonds is 4. The Morgan fingerprint density at radius 3 is 2.44 bits per heavy atom. The highest BCUT2D eigenvalue weighted by molar-refractivity contribution is 6.34. The maximum Gasteiger partial charge on any atom is 0.148 e. The Labute approximate surface area is 101 Å². The van der Waals surface area contributed by atoms with Crippen molar-refractivity contribution in [3.63, 3.8) is 0 Å². The third kappa shape index (κ3) is 2.49. The van der Waals surface area contributed by atoms with Gasteiger partial charge in [0.1, 0.15) is 16.5 Å². The topological polar surface area (TPSA) is 44.5 Å². The van der Waals surface area contributed by atoms with E-state index in [1.165, 1.54) is 0 Å². The first-order valence-electron chi connectivity index (χ1n) is 4.93. The highest BCUT2D eigenvalue weighted by Gasteiger charge is 2.14. The minimum atomic E-state index is 0.478. The van der Waals surface area contributed by atoms with E-state index in [-0.39, 0.29) is 0 Å². The van der Waals surface area contributed by atoms with E-state index >= 15 is 0 Å². The largest absolute Gasteiger partial charge is 0.495 e. The summed E-state index contributed by atoms with van der Waals surface area (Å²) in [5, 5.41) is 0.488. The number of aryl methyl sites for hydroxylation is 1. The molecule has 0 unspecified atom stereocenters. The second-order valence-corrected chi connectivity index (χ2v) is 3.68. The molecule has 0 aliphatic heterocycles. The number of hydrogen-bond acceptors (Lipinski definition) is 3. The number of halogens is 1. The zero-order valence-electron chi connectivity index (χ0n) is 9.71. The van der Waals surface area contributed by atoms with Crippen LogP contribution in [-0.2, 0) is 0 Å². The molecule has 0 spiro atoms. The standard InChI is InChI=1S/C12H16ClNO2/c1-8-7-9(5-4-6-14)12(16-3)10(13)11(8)15-2/h4-5,7H,6,14H2,1-3H3/b5-4+. The fourth-order valence-electron chi connectivity index (χ4n) is 1.54. The lowest BCUT2D eigenvalue weighted by atomic mass is 10.1. The number of ether oxygens (including phenoxy) is 2. The van der Waals surface area contributed by atoms with E-state index in [1.54, 1.807) is 14.2 Å². The molecule has 4 heteroatoms. The van der Waals surface area contributed by atoms with E-state index in [9.17, 15) is 0 Å². The minimum absolute atomic E-state index is 0.478. The molecule has 0 saturated carbocycles. The quantitative estimate of drug-likeness (QED) is 0.882. The maximum atomic E-state index is 6.18. The van der Waals surface area contributed by atoms with E-state index < -0.39 is 0 Å². The monoisotopic (exact) mass is 241 g/mol. The van der Waals surface area contributed by atoms with Crippen LogP contribution in [0.4, 0.5) is 0 Å². The Bertz CT molecular complexity index is 402. The average Bonchev–Trinajstić information content (AvgIpc) is 2.26. The average molecular weight is 242 g/mol. The third-order valence-corrected chi connectivity index (χ3v) is 2.58. The van der Waals surface area contributed by atoms with Gasteiger partial charge in [0.15, 0.2) is 0 Å². The van der Waals surface area contributed by atoms with Crippen LogP contribution in [0.2, 0.25) is 5.02 Å². The van der Waals surface area contributed by atoms with Crippen LogP contribution < -0.4 is 15.2 Å². The summed E-state index contributed by atoms with van der Waals surface area (Å²) in [4.78, 5) is 0. The Morgan fingerprint density at radius 2 is 1.94 bits per heavy atom. The molecule has 1 aromatic rings. The highest BCUT2D eigenvalue weighted by atomic mass is 35.5. The summed E-state index contributed by atoms with van der Waals surface area (Å²) < 4.78 is 10.5. The van der Waals surface area contributed by atoms with Crippen LogP contribution in [0.5, 0.6) is 11.5 Å². The van der Waals surface area contributed by atoms with Gasteiger partial charge in [0, 0.05) is 12.1 Å². The molecule has 16 heavy (non-hydrogen) atoms. The Balaban J connectivity index is 3.34. The molecule has 0 aromatic heterocycles. The lowest BCUT2D eigenvalue weighted by Gasteiger charge is -2.13. The summed E-state index contributed by atoms with van der Waals surface area (Å²) in [5.41, 5.74) is 7.28. The van der Waals surface area contributed by atoms with Gasteiger partial charge in [0.25, 0.3) is 0 Å². The molecular weight excluding hydrogens is 226 g/mol. The van der Waals surface area contributed by atoms with Crippen LogP contribution >= 0.6 is 11.6 Å². The lowest BCUT2D eigenvalue weighted by Crippen LogP contribution is -1.96. The summed E-state index contributed by atoms with van der Waals surface area (Å²) in [6, 6.07) is 1.95. The van der Waals surface area contributed by atoms with Crippen molar-refractivity contribution in [1.82, 2.24) is 0 Å². The first-order valence-corrected chi connectivity index (χ1v) is 5.31. The van der Waals surface area contributed by atoms with E-state index in [1.807, 2.05) is 25.1 Å². The van der Waals surface area contributed by atoms with Crippen LogP contribution in [0, 0.1) is 6.92 Å².